The zero-order valence-electron chi connectivity index (χ0n) is 6.52. The van der Waals surface area contributed by atoms with Gasteiger partial charge in [0.25, 0.3) is 0 Å². The number of ether oxygens (including phenoxy) is 1. The highest BCUT2D eigenvalue weighted by atomic mass is 16.6. The van der Waals surface area contributed by atoms with E-state index in [1.165, 1.54) is 0 Å². The summed E-state index contributed by atoms with van der Waals surface area (Å²) >= 11 is 0. The molecular formula is C7H10O5. The lowest BCUT2D eigenvalue weighted by Crippen LogP contribution is -2.27. The van der Waals surface area contributed by atoms with Crippen molar-refractivity contribution in [1.29, 1.82) is 0 Å². The molecule has 0 saturated carbocycles. The lowest BCUT2D eigenvalue weighted by Gasteiger charge is -2.14. The van der Waals surface area contributed by atoms with Gasteiger partial charge in [0.1, 0.15) is 0 Å². The SMILES string of the molecule is CCC(O)[C@H]1OC(=O)C(O)=C1O. The molecule has 0 amide bonds. The van der Waals surface area contributed by atoms with Gasteiger partial charge in [0.2, 0.25) is 5.76 Å². The summed E-state index contributed by atoms with van der Waals surface area (Å²) in [4.78, 5) is 10.6. The summed E-state index contributed by atoms with van der Waals surface area (Å²) in [5.41, 5.74) is 0. The minimum absolute atomic E-state index is 0.329. The van der Waals surface area contributed by atoms with Crippen molar-refractivity contribution in [3.05, 3.63) is 11.5 Å². The van der Waals surface area contributed by atoms with Crippen LogP contribution in [0.3, 0.4) is 0 Å². The maximum absolute atomic E-state index is 10.6. The molecule has 1 heterocycles. The average molecular weight is 174 g/mol. The molecule has 0 saturated heterocycles. The second-order valence-electron chi connectivity index (χ2n) is 2.54. The third-order valence-electron chi connectivity index (χ3n) is 1.71. The summed E-state index contributed by atoms with van der Waals surface area (Å²) in [5, 5.41) is 27.1. The highest BCUT2D eigenvalue weighted by Gasteiger charge is 2.38. The van der Waals surface area contributed by atoms with Crippen LogP contribution in [-0.4, -0.2) is 33.5 Å². The predicted molar refractivity (Wildman–Crippen MR) is 38.5 cm³/mol. The van der Waals surface area contributed by atoms with E-state index in [1.807, 2.05) is 0 Å². The van der Waals surface area contributed by atoms with Crippen molar-refractivity contribution in [2.75, 3.05) is 0 Å². The standard InChI is InChI=1S/C7H10O5/c1-2-3(8)6-4(9)5(10)7(11)12-6/h3,6,8-10H,2H2,1H3/t3?,6-/m1/s1. The molecule has 68 valence electrons. The maximum atomic E-state index is 10.6. The highest BCUT2D eigenvalue weighted by molar-refractivity contribution is 5.89. The Bertz CT molecular complexity index is 232. The van der Waals surface area contributed by atoms with Crippen molar-refractivity contribution in [2.45, 2.75) is 25.6 Å². The quantitative estimate of drug-likeness (QED) is 0.513. The molecule has 1 unspecified atom stereocenters. The Morgan fingerprint density at radius 3 is 2.50 bits per heavy atom. The monoisotopic (exact) mass is 174 g/mol. The summed E-state index contributed by atoms with van der Waals surface area (Å²) in [7, 11) is 0. The zero-order valence-corrected chi connectivity index (χ0v) is 6.52. The van der Waals surface area contributed by atoms with Crippen LogP contribution in [0.25, 0.3) is 0 Å². The third-order valence-corrected chi connectivity index (χ3v) is 1.71. The first-order valence-corrected chi connectivity index (χ1v) is 3.59. The fourth-order valence-electron chi connectivity index (χ4n) is 0.941. The number of cyclic esters (lactones) is 1. The van der Waals surface area contributed by atoms with Gasteiger partial charge in [0, 0.05) is 0 Å². The number of esters is 1. The van der Waals surface area contributed by atoms with Crippen molar-refractivity contribution in [2.24, 2.45) is 0 Å². The van der Waals surface area contributed by atoms with Crippen LogP contribution in [0, 0.1) is 0 Å². The first-order valence-electron chi connectivity index (χ1n) is 3.59. The molecule has 0 radical (unpaired) electrons. The second-order valence-corrected chi connectivity index (χ2v) is 2.54. The van der Waals surface area contributed by atoms with Crippen molar-refractivity contribution in [3.63, 3.8) is 0 Å². The van der Waals surface area contributed by atoms with Crippen LogP contribution in [0.2, 0.25) is 0 Å². The van der Waals surface area contributed by atoms with Gasteiger partial charge in [-0.2, -0.15) is 0 Å². The van der Waals surface area contributed by atoms with Crippen molar-refractivity contribution in [1.82, 2.24) is 0 Å². The number of aliphatic hydroxyl groups excluding tert-OH is 3. The number of hydrogen-bond acceptors (Lipinski definition) is 5. The number of aliphatic hydroxyl groups is 3. The zero-order chi connectivity index (χ0) is 9.30. The molecule has 0 spiro atoms. The molecule has 0 aliphatic carbocycles. The number of rotatable bonds is 2. The molecule has 3 N–H and O–H groups in total. The Balaban J connectivity index is 2.80. The van der Waals surface area contributed by atoms with Crippen LogP contribution >= 0.6 is 0 Å². The van der Waals surface area contributed by atoms with Gasteiger partial charge in [-0.15, -0.1) is 0 Å². The average Bonchev–Trinajstić information content (AvgIpc) is 2.32. The minimum atomic E-state index is -1.11. The molecule has 12 heavy (non-hydrogen) atoms. The normalized spacial score (nSPS) is 25.8. The summed E-state index contributed by atoms with van der Waals surface area (Å²) in [6, 6.07) is 0. The van der Waals surface area contributed by atoms with E-state index in [-0.39, 0.29) is 0 Å². The van der Waals surface area contributed by atoms with E-state index in [0.29, 0.717) is 6.42 Å². The lowest BCUT2D eigenvalue weighted by molar-refractivity contribution is -0.146. The van der Waals surface area contributed by atoms with Gasteiger partial charge in [-0.05, 0) is 6.42 Å². The molecule has 5 nitrogen and oxygen atoms in total. The van der Waals surface area contributed by atoms with Gasteiger partial charge in [0.15, 0.2) is 11.9 Å². The largest absolute Gasteiger partial charge is 0.505 e. The highest BCUT2D eigenvalue weighted by Crippen LogP contribution is 2.22. The van der Waals surface area contributed by atoms with Crippen LogP contribution in [0.1, 0.15) is 13.3 Å². The van der Waals surface area contributed by atoms with Crippen LogP contribution in [0.15, 0.2) is 11.5 Å². The first-order chi connectivity index (χ1) is 5.57. The van der Waals surface area contributed by atoms with Gasteiger partial charge in [0.05, 0.1) is 6.10 Å². The molecular weight excluding hydrogens is 164 g/mol. The smallest absolute Gasteiger partial charge is 0.377 e. The van der Waals surface area contributed by atoms with E-state index in [9.17, 15) is 9.90 Å². The molecule has 0 fully saturated rings. The van der Waals surface area contributed by atoms with Gasteiger partial charge < -0.3 is 20.1 Å². The summed E-state index contributed by atoms with van der Waals surface area (Å²) < 4.78 is 4.48. The van der Waals surface area contributed by atoms with E-state index in [0.717, 1.165) is 0 Å². The van der Waals surface area contributed by atoms with Gasteiger partial charge in [-0.1, -0.05) is 6.92 Å². The van der Waals surface area contributed by atoms with E-state index >= 15 is 0 Å². The van der Waals surface area contributed by atoms with Crippen LogP contribution in [0.5, 0.6) is 0 Å². The van der Waals surface area contributed by atoms with E-state index in [4.69, 9.17) is 10.2 Å². The van der Waals surface area contributed by atoms with E-state index in [1.54, 1.807) is 6.92 Å². The Hall–Kier alpha value is -1.23. The maximum Gasteiger partial charge on any atom is 0.377 e. The van der Waals surface area contributed by atoms with E-state index in [2.05, 4.69) is 4.74 Å². The molecule has 0 aromatic heterocycles. The summed E-state index contributed by atoms with van der Waals surface area (Å²) in [6.07, 6.45) is -1.75. The molecule has 5 heteroatoms. The number of carbonyl (C=O) groups is 1. The van der Waals surface area contributed by atoms with Gasteiger partial charge in [-0.25, -0.2) is 4.79 Å². The summed E-state index contributed by atoms with van der Waals surface area (Å²) in [5.74, 6) is -2.40. The lowest BCUT2D eigenvalue weighted by atomic mass is 10.1. The molecule has 0 bridgehead atoms. The summed E-state index contributed by atoms with van der Waals surface area (Å²) in [6.45, 7) is 1.67. The fraction of sp³-hybridized carbons (Fsp3) is 0.571. The van der Waals surface area contributed by atoms with Gasteiger partial charge >= 0.3 is 5.97 Å². The molecule has 1 aliphatic heterocycles. The van der Waals surface area contributed by atoms with Crippen molar-refractivity contribution >= 4 is 5.97 Å². The first kappa shape index (κ1) is 8.86. The molecule has 1 aliphatic rings. The Kier molecular flexibility index (Phi) is 2.23. The van der Waals surface area contributed by atoms with Gasteiger partial charge in [-0.3, -0.25) is 0 Å². The molecule has 0 aromatic carbocycles. The fourth-order valence-corrected chi connectivity index (χ4v) is 0.941. The number of hydrogen-bond donors (Lipinski definition) is 3. The molecule has 1 rings (SSSR count). The second kappa shape index (κ2) is 3.02. The Labute approximate surface area is 68.9 Å². The van der Waals surface area contributed by atoms with Crippen molar-refractivity contribution in [3.8, 4) is 0 Å². The van der Waals surface area contributed by atoms with E-state index < -0.39 is 29.7 Å². The minimum Gasteiger partial charge on any atom is -0.505 e. The third kappa shape index (κ3) is 1.23. The van der Waals surface area contributed by atoms with Crippen molar-refractivity contribution < 1.29 is 24.9 Å². The van der Waals surface area contributed by atoms with Crippen LogP contribution in [-0.2, 0) is 9.53 Å². The molecule has 2 atom stereocenters. The van der Waals surface area contributed by atoms with Crippen LogP contribution < -0.4 is 0 Å². The Morgan fingerprint density at radius 2 is 2.17 bits per heavy atom. The van der Waals surface area contributed by atoms with Crippen LogP contribution in [0.4, 0.5) is 0 Å². The predicted octanol–water partition coefficient (Wildman–Crippen LogP) is 0.0103. The number of carbonyl (C=O) groups excluding carboxylic acids is 1. The topological polar surface area (TPSA) is 87.0 Å². The molecule has 0 aromatic rings. The Morgan fingerprint density at radius 1 is 1.58 bits per heavy atom.